The van der Waals surface area contributed by atoms with Gasteiger partial charge in [0.1, 0.15) is 24.4 Å². The summed E-state index contributed by atoms with van der Waals surface area (Å²) in [4.78, 5) is 24.4. The summed E-state index contributed by atoms with van der Waals surface area (Å²) in [5.74, 6) is -1.16. The molecule has 8 aliphatic rings. The van der Waals surface area contributed by atoms with E-state index in [0.717, 1.165) is 38.8 Å². The number of nitrogens with zero attached hydrogens (tertiary/aromatic N) is 2. The van der Waals surface area contributed by atoms with Crippen molar-refractivity contribution in [3.8, 4) is 23.0 Å². The van der Waals surface area contributed by atoms with Crippen LogP contribution in [-0.2, 0) is 33.3 Å². The van der Waals surface area contributed by atoms with Crippen LogP contribution in [0, 0.1) is 11.8 Å². The number of benzene rings is 2. The Hall–Kier alpha value is -4.18. The van der Waals surface area contributed by atoms with Gasteiger partial charge in [-0.25, -0.2) is 9.59 Å². The second-order valence-electron chi connectivity index (χ2n) is 15.4. The Morgan fingerprint density at radius 1 is 0.692 bits per heavy atom. The highest BCUT2D eigenvalue weighted by molar-refractivity contribution is 5.83. The maximum Gasteiger partial charge on any atom is 0.335 e. The minimum Gasteiger partial charge on any atom is -0.504 e. The molecule has 4 aliphatic carbocycles. The Balaban J connectivity index is 0.000000120. The molecular formula is C38H44N2O12. The topological polar surface area (TPSA) is 221 Å². The number of phenolic OH excluding ortho intramolecular Hbond substituents is 2. The molecule has 8 N–H and O–H groups in total. The molecule has 0 radical (unpaired) electrons. The van der Waals surface area contributed by atoms with E-state index in [9.17, 15) is 30.0 Å². The van der Waals surface area contributed by atoms with E-state index >= 15 is 0 Å². The highest BCUT2D eigenvalue weighted by Crippen LogP contribution is 2.63. The molecule has 4 aliphatic heterocycles. The first-order chi connectivity index (χ1) is 24.7. The molecule has 12 atom stereocenters. The molecule has 14 nitrogen and oxygen atoms in total. The summed E-state index contributed by atoms with van der Waals surface area (Å²) in [5.41, 5.74) is 4.58. The monoisotopic (exact) mass is 720 g/mol. The molecular weight excluding hydrogens is 676 g/mol. The van der Waals surface area contributed by atoms with E-state index in [4.69, 9.17) is 29.9 Å². The number of aliphatic carboxylic acids is 2. The van der Waals surface area contributed by atoms with Gasteiger partial charge in [-0.05, 0) is 76.1 Å². The maximum atomic E-state index is 10.4. The first-order valence-corrected chi connectivity index (χ1v) is 17.7. The van der Waals surface area contributed by atoms with E-state index in [1.54, 1.807) is 12.1 Å². The molecule has 4 heterocycles. The minimum absolute atomic E-state index is 0.160. The van der Waals surface area contributed by atoms with Crippen LogP contribution in [-0.4, -0.2) is 138 Å². The van der Waals surface area contributed by atoms with Crippen LogP contribution < -0.4 is 9.47 Å². The molecule has 0 aromatic heterocycles. The van der Waals surface area contributed by atoms with Gasteiger partial charge >= 0.3 is 11.9 Å². The van der Waals surface area contributed by atoms with Crippen LogP contribution in [0.1, 0.15) is 35.1 Å². The van der Waals surface area contributed by atoms with Crippen molar-refractivity contribution in [2.24, 2.45) is 11.8 Å². The SMILES string of the molecule is CN1CC[C@]23c4c5ccc(O)c4O[C@H]2[C@@H](O)C=C[C@H]3[C@H]1C5.CN1CC[C@]23c4c5ccc(O)c4O[C@H]2[C@@H](O)C=C[C@H]3[C@H]1C5.O=C(O)[C@H](O)[C@@H](O)C(=O)O. The van der Waals surface area contributed by atoms with Crippen molar-refractivity contribution in [1.82, 2.24) is 9.80 Å². The van der Waals surface area contributed by atoms with Gasteiger partial charge in [-0.1, -0.05) is 36.4 Å². The fourth-order valence-corrected chi connectivity index (χ4v) is 10.7. The quantitative estimate of drug-likeness (QED) is 0.200. The fourth-order valence-electron chi connectivity index (χ4n) is 10.7. The molecule has 52 heavy (non-hydrogen) atoms. The summed E-state index contributed by atoms with van der Waals surface area (Å²) >= 11 is 0. The number of likely N-dealkylation sites (tertiary alicyclic amines) is 2. The number of aliphatic hydroxyl groups is 4. The number of rotatable bonds is 3. The third-order valence-electron chi connectivity index (χ3n) is 13.1. The van der Waals surface area contributed by atoms with Crippen LogP contribution in [0.4, 0.5) is 0 Å². The Labute approximate surface area is 299 Å². The normalized spacial score (nSPS) is 37.4. The van der Waals surface area contributed by atoms with Crippen LogP contribution in [0.2, 0.25) is 0 Å². The fraction of sp³-hybridized carbons (Fsp3) is 0.526. The first kappa shape index (κ1) is 34.9. The van der Waals surface area contributed by atoms with Crippen LogP contribution >= 0.6 is 0 Å². The molecule has 2 saturated heterocycles. The predicted octanol–water partition coefficient (Wildman–Crippen LogP) is 0.274. The molecule has 2 spiro atoms. The van der Waals surface area contributed by atoms with Crippen molar-refractivity contribution in [2.75, 3.05) is 27.2 Å². The lowest BCUT2D eigenvalue weighted by molar-refractivity contribution is -0.165. The van der Waals surface area contributed by atoms with Crippen molar-refractivity contribution in [3.63, 3.8) is 0 Å². The van der Waals surface area contributed by atoms with Crippen molar-refractivity contribution in [2.45, 2.75) is 85.2 Å². The molecule has 278 valence electrons. The highest BCUT2D eigenvalue weighted by atomic mass is 16.5. The summed E-state index contributed by atoms with van der Waals surface area (Å²) in [6.45, 7) is 2.02. The van der Waals surface area contributed by atoms with E-state index < -0.39 is 36.4 Å². The Morgan fingerprint density at radius 2 is 1.08 bits per heavy atom. The molecule has 0 unspecified atom stereocenters. The van der Waals surface area contributed by atoms with Gasteiger partial charge in [-0.2, -0.15) is 0 Å². The lowest BCUT2D eigenvalue weighted by atomic mass is 9.53. The summed E-state index contributed by atoms with van der Waals surface area (Å²) in [6.07, 6.45) is 5.82. The van der Waals surface area contributed by atoms with Crippen molar-refractivity contribution < 1.29 is 59.9 Å². The van der Waals surface area contributed by atoms with Gasteiger partial charge < -0.3 is 60.1 Å². The molecule has 0 amide bonds. The number of carbonyl (C=O) groups is 2. The van der Waals surface area contributed by atoms with Crippen molar-refractivity contribution >= 4 is 11.9 Å². The van der Waals surface area contributed by atoms with Gasteiger partial charge in [0.2, 0.25) is 0 Å². The number of carboxylic acids is 2. The maximum absolute atomic E-state index is 10.4. The lowest BCUT2D eigenvalue weighted by Crippen LogP contribution is -2.64. The van der Waals surface area contributed by atoms with Crippen LogP contribution in [0.3, 0.4) is 0 Å². The Bertz CT molecular complexity index is 1750. The minimum atomic E-state index is -2.27. The number of hydrogen-bond donors (Lipinski definition) is 8. The summed E-state index contributed by atoms with van der Waals surface area (Å²) in [6, 6.07) is 8.45. The van der Waals surface area contributed by atoms with Gasteiger partial charge in [0.15, 0.2) is 35.2 Å². The average Bonchev–Trinajstić information content (AvgIpc) is 3.67. The molecule has 2 aromatic carbocycles. The van der Waals surface area contributed by atoms with E-state index in [-0.39, 0.29) is 34.5 Å². The number of aromatic hydroxyl groups is 2. The van der Waals surface area contributed by atoms with Gasteiger partial charge in [0.25, 0.3) is 0 Å². The number of piperidine rings is 2. The second kappa shape index (κ2) is 12.2. The second-order valence-corrected chi connectivity index (χ2v) is 15.4. The third kappa shape index (κ3) is 4.71. The first-order valence-electron chi connectivity index (χ1n) is 17.7. The molecule has 10 rings (SSSR count). The van der Waals surface area contributed by atoms with E-state index in [2.05, 4.69) is 36.0 Å². The van der Waals surface area contributed by atoms with Crippen molar-refractivity contribution in [1.29, 1.82) is 0 Å². The Morgan fingerprint density at radius 3 is 1.44 bits per heavy atom. The Kier molecular flexibility index (Phi) is 8.17. The van der Waals surface area contributed by atoms with Gasteiger partial charge in [0.05, 0.1) is 0 Å². The van der Waals surface area contributed by atoms with E-state index in [1.165, 1.54) is 22.3 Å². The summed E-state index contributed by atoms with van der Waals surface area (Å²) in [7, 11) is 4.38. The zero-order chi connectivity index (χ0) is 37.0. The molecule has 2 fully saturated rings. The van der Waals surface area contributed by atoms with E-state index in [0.29, 0.717) is 35.4 Å². The molecule has 4 bridgehead atoms. The third-order valence-corrected chi connectivity index (χ3v) is 13.1. The lowest BCUT2D eigenvalue weighted by Gasteiger charge is -2.56. The zero-order valence-electron chi connectivity index (χ0n) is 28.7. The zero-order valence-corrected chi connectivity index (χ0v) is 28.7. The molecule has 2 aromatic rings. The summed E-state index contributed by atoms with van der Waals surface area (Å²) < 4.78 is 12.2. The largest absolute Gasteiger partial charge is 0.504 e. The number of phenols is 2. The standard InChI is InChI=1S/2C17H19NO3.C4H6O6/c2*1-18-7-6-17-10-3-5-13(20)16(17)21-15-12(19)4-2-9(14(15)17)8-11(10)18;5-1(3(7)8)2(6)4(9)10/h2*2-5,10-11,13,16,19-20H,6-8H2,1H3;1-2,5-6H,(H,7,8)(H,9,10)/t2*10-,11+,13-,16-,17-;1-,2-/m001/s1. The average molecular weight is 721 g/mol. The predicted molar refractivity (Wildman–Crippen MR) is 182 cm³/mol. The number of carboxylic acid groups (broad SMARTS) is 2. The summed E-state index contributed by atoms with van der Waals surface area (Å²) in [5, 5.41) is 73.8. The van der Waals surface area contributed by atoms with Gasteiger partial charge in [-0.3, -0.25) is 0 Å². The smallest absolute Gasteiger partial charge is 0.335 e. The number of likely N-dealkylation sites (N-methyl/N-ethyl adjacent to an activating group) is 2. The number of ether oxygens (including phenoxy) is 2. The van der Waals surface area contributed by atoms with Gasteiger partial charge in [0, 0.05) is 45.9 Å². The molecule has 14 heteroatoms. The number of aliphatic hydroxyl groups excluding tert-OH is 4. The van der Waals surface area contributed by atoms with Gasteiger partial charge in [-0.15, -0.1) is 0 Å². The van der Waals surface area contributed by atoms with Crippen LogP contribution in [0.5, 0.6) is 23.0 Å². The van der Waals surface area contributed by atoms with Crippen LogP contribution in [0.25, 0.3) is 0 Å². The van der Waals surface area contributed by atoms with Crippen LogP contribution in [0.15, 0.2) is 48.6 Å². The highest BCUT2D eigenvalue weighted by Gasteiger charge is 2.65. The van der Waals surface area contributed by atoms with E-state index in [1.807, 2.05) is 24.3 Å². The molecule has 0 saturated carbocycles. The van der Waals surface area contributed by atoms with Crippen molar-refractivity contribution in [3.05, 3.63) is 70.8 Å². The number of hydrogen-bond acceptors (Lipinski definition) is 12.